The Morgan fingerprint density at radius 3 is 2.86 bits per heavy atom. The molecule has 1 amide bonds. The molecular weight excluding hydrogens is 366 g/mol. The van der Waals surface area contributed by atoms with E-state index < -0.39 is 0 Å². The van der Waals surface area contributed by atoms with Gasteiger partial charge in [0.05, 0.1) is 28.7 Å². The molecule has 2 aromatic carbocycles. The van der Waals surface area contributed by atoms with Crippen LogP contribution < -0.4 is 0 Å². The summed E-state index contributed by atoms with van der Waals surface area (Å²) in [6, 6.07) is 15.1. The SMILES string of the molecule is Cc1nc(C#Cc2ccc(C#N)c(C(=O)N3C=Cc4ccccc4C3)c2)cs1. The van der Waals surface area contributed by atoms with E-state index in [2.05, 4.69) is 22.9 Å². The molecule has 1 aliphatic rings. The Kier molecular flexibility index (Phi) is 4.76. The number of hydrogen-bond donors (Lipinski definition) is 0. The molecule has 134 valence electrons. The van der Waals surface area contributed by atoms with Crippen LogP contribution in [0.2, 0.25) is 0 Å². The molecule has 0 radical (unpaired) electrons. The van der Waals surface area contributed by atoms with Crippen LogP contribution in [0.25, 0.3) is 6.08 Å². The minimum absolute atomic E-state index is 0.213. The van der Waals surface area contributed by atoms with Crippen LogP contribution in [-0.2, 0) is 6.54 Å². The van der Waals surface area contributed by atoms with Gasteiger partial charge in [0.15, 0.2) is 0 Å². The minimum atomic E-state index is -0.213. The molecule has 2 heterocycles. The van der Waals surface area contributed by atoms with E-state index in [4.69, 9.17) is 0 Å². The second kappa shape index (κ2) is 7.52. The number of aromatic nitrogens is 1. The molecular formula is C23H15N3OS. The molecule has 1 aliphatic heterocycles. The average Bonchev–Trinajstić information content (AvgIpc) is 3.16. The first-order valence-corrected chi connectivity index (χ1v) is 9.57. The number of carbonyl (C=O) groups is 1. The van der Waals surface area contributed by atoms with E-state index in [-0.39, 0.29) is 5.91 Å². The zero-order valence-corrected chi connectivity index (χ0v) is 16.0. The Morgan fingerprint density at radius 2 is 2.07 bits per heavy atom. The number of carbonyl (C=O) groups excluding carboxylic acids is 1. The summed E-state index contributed by atoms with van der Waals surface area (Å²) in [5, 5.41) is 12.3. The van der Waals surface area contributed by atoms with Crippen molar-refractivity contribution in [3.05, 3.63) is 92.6 Å². The van der Waals surface area contributed by atoms with Crippen LogP contribution in [0.1, 0.15) is 43.3 Å². The third-order valence-electron chi connectivity index (χ3n) is 4.42. The van der Waals surface area contributed by atoms with Crippen LogP contribution in [0.3, 0.4) is 0 Å². The zero-order chi connectivity index (χ0) is 19.5. The number of amides is 1. The maximum atomic E-state index is 13.1. The van der Waals surface area contributed by atoms with E-state index in [1.54, 1.807) is 40.6 Å². The number of nitriles is 1. The Labute approximate surface area is 167 Å². The van der Waals surface area contributed by atoms with Crippen LogP contribution in [0.5, 0.6) is 0 Å². The van der Waals surface area contributed by atoms with E-state index in [1.165, 1.54) is 0 Å². The predicted molar refractivity (Wildman–Crippen MR) is 109 cm³/mol. The fourth-order valence-electron chi connectivity index (χ4n) is 2.99. The molecule has 0 spiro atoms. The van der Waals surface area contributed by atoms with Gasteiger partial charge in [0.25, 0.3) is 5.91 Å². The van der Waals surface area contributed by atoms with E-state index in [9.17, 15) is 10.1 Å². The lowest BCUT2D eigenvalue weighted by atomic mass is 10.0. The van der Waals surface area contributed by atoms with Gasteiger partial charge < -0.3 is 4.90 Å². The highest BCUT2D eigenvalue weighted by Gasteiger charge is 2.21. The average molecular weight is 381 g/mol. The summed E-state index contributed by atoms with van der Waals surface area (Å²) in [5.74, 6) is 5.83. The topological polar surface area (TPSA) is 57.0 Å². The summed E-state index contributed by atoms with van der Waals surface area (Å²) in [5.41, 5.74) is 4.25. The van der Waals surface area contributed by atoms with Gasteiger partial charge >= 0.3 is 0 Å². The van der Waals surface area contributed by atoms with Crippen LogP contribution in [0.4, 0.5) is 0 Å². The number of nitrogens with zero attached hydrogens (tertiary/aromatic N) is 3. The zero-order valence-electron chi connectivity index (χ0n) is 15.1. The monoisotopic (exact) mass is 381 g/mol. The highest BCUT2D eigenvalue weighted by atomic mass is 32.1. The Bertz CT molecular complexity index is 1200. The third-order valence-corrected chi connectivity index (χ3v) is 5.19. The van der Waals surface area contributed by atoms with Crippen LogP contribution in [0, 0.1) is 30.1 Å². The molecule has 5 heteroatoms. The van der Waals surface area contributed by atoms with Gasteiger partial charge in [-0.3, -0.25) is 4.79 Å². The predicted octanol–water partition coefficient (Wildman–Crippen LogP) is 4.35. The molecule has 0 bridgehead atoms. The van der Waals surface area contributed by atoms with Crippen LogP contribution >= 0.6 is 11.3 Å². The maximum Gasteiger partial charge on any atom is 0.259 e. The second-order valence-corrected chi connectivity index (χ2v) is 7.38. The van der Waals surface area contributed by atoms with Gasteiger partial charge in [-0.15, -0.1) is 11.3 Å². The number of fused-ring (bicyclic) bond motifs is 1. The largest absolute Gasteiger partial charge is 0.311 e. The third kappa shape index (κ3) is 3.57. The molecule has 0 fully saturated rings. The molecule has 0 saturated carbocycles. The first-order chi connectivity index (χ1) is 13.6. The van der Waals surface area contributed by atoms with Crippen molar-refractivity contribution in [1.29, 1.82) is 5.26 Å². The number of aryl methyl sites for hydroxylation is 1. The summed E-state index contributed by atoms with van der Waals surface area (Å²) < 4.78 is 0. The Balaban J connectivity index is 1.64. The van der Waals surface area contributed by atoms with Gasteiger partial charge in [-0.05, 0) is 48.2 Å². The highest BCUT2D eigenvalue weighted by molar-refractivity contribution is 7.09. The first kappa shape index (κ1) is 17.7. The molecule has 3 aromatic rings. The number of rotatable bonds is 1. The van der Waals surface area contributed by atoms with Crippen molar-refractivity contribution in [3.63, 3.8) is 0 Å². The van der Waals surface area contributed by atoms with E-state index in [0.717, 1.165) is 16.1 Å². The first-order valence-electron chi connectivity index (χ1n) is 8.69. The fourth-order valence-corrected chi connectivity index (χ4v) is 3.54. The summed E-state index contributed by atoms with van der Waals surface area (Å²) in [7, 11) is 0. The van der Waals surface area contributed by atoms with Gasteiger partial charge in [-0.2, -0.15) is 5.26 Å². The maximum absolute atomic E-state index is 13.1. The van der Waals surface area contributed by atoms with Crippen molar-refractivity contribution in [3.8, 4) is 17.9 Å². The van der Waals surface area contributed by atoms with E-state index >= 15 is 0 Å². The molecule has 1 aromatic heterocycles. The summed E-state index contributed by atoms with van der Waals surface area (Å²) in [4.78, 5) is 19.0. The van der Waals surface area contributed by atoms with Crippen LogP contribution in [0.15, 0.2) is 54.0 Å². The van der Waals surface area contributed by atoms with Gasteiger partial charge in [-0.25, -0.2) is 4.98 Å². The van der Waals surface area contributed by atoms with Crippen molar-refractivity contribution in [2.45, 2.75) is 13.5 Å². The molecule has 0 unspecified atom stereocenters. The van der Waals surface area contributed by atoms with Crippen molar-refractivity contribution in [2.75, 3.05) is 0 Å². The van der Waals surface area contributed by atoms with E-state index in [0.29, 0.717) is 28.9 Å². The lowest BCUT2D eigenvalue weighted by molar-refractivity contribution is 0.0812. The lowest BCUT2D eigenvalue weighted by Gasteiger charge is -2.24. The second-order valence-electron chi connectivity index (χ2n) is 6.32. The molecule has 4 nitrogen and oxygen atoms in total. The van der Waals surface area contributed by atoms with Crippen molar-refractivity contribution in [2.24, 2.45) is 0 Å². The Morgan fingerprint density at radius 1 is 1.21 bits per heavy atom. The fraction of sp³-hybridized carbons (Fsp3) is 0.0870. The van der Waals surface area contributed by atoms with Crippen molar-refractivity contribution >= 4 is 23.3 Å². The Hall–Kier alpha value is -3.67. The molecule has 0 saturated heterocycles. The smallest absolute Gasteiger partial charge is 0.259 e. The van der Waals surface area contributed by atoms with Crippen molar-refractivity contribution < 1.29 is 4.79 Å². The van der Waals surface area contributed by atoms with Gasteiger partial charge in [0, 0.05) is 17.1 Å². The molecule has 0 atom stereocenters. The summed E-state index contributed by atoms with van der Waals surface area (Å²) in [6.45, 7) is 2.41. The number of benzene rings is 2. The minimum Gasteiger partial charge on any atom is -0.311 e. The molecule has 4 rings (SSSR count). The standard InChI is InChI=1S/C23H15N3OS/c1-16-25-21(15-28-16)9-7-17-6-8-19(13-24)22(12-17)23(27)26-11-10-18-4-2-3-5-20(18)14-26/h2-6,8,10-12,15H,14H2,1H3. The summed E-state index contributed by atoms with van der Waals surface area (Å²) >= 11 is 1.54. The molecule has 0 N–H and O–H groups in total. The normalized spacial score (nSPS) is 11.9. The van der Waals surface area contributed by atoms with Crippen molar-refractivity contribution in [1.82, 2.24) is 9.88 Å². The summed E-state index contributed by atoms with van der Waals surface area (Å²) in [6.07, 6.45) is 3.68. The van der Waals surface area contributed by atoms with E-state index in [1.807, 2.05) is 42.6 Å². The van der Waals surface area contributed by atoms with Gasteiger partial charge in [0.1, 0.15) is 5.69 Å². The lowest BCUT2D eigenvalue weighted by Crippen LogP contribution is -2.28. The number of thiazole rings is 1. The molecule has 0 aliphatic carbocycles. The highest BCUT2D eigenvalue weighted by Crippen LogP contribution is 2.22. The van der Waals surface area contributed by atoms with Crippen LogP contribution in [-0.4, -0.2) is 15.8 Å². The van der Waals surface area contributed by atoms with Gasteiger partial charge in [-0.1, -0.05) is 30.2 Å². The molecule has 28 heavy (non-hydrogen) atoms. The van der Waals surface area contributed by atoms with Gasteiger partial charge in [0.2, 0.25) is 0 Å². The quantitative estimate of drug-likeness (QED) is 0.589. The number of hydrogen-bond acceptors (Lipinski definition) is 4.